The van der Waals surface area contributed by atoms with Crippen molar-refractivity contribution < 1.29 is 24.3 Å². The summed E-state index contributed by atoms with van der Waals surface area (Å²) < 4.78 is 0. The number of carbonyl (C=O) groups is 4. The summed E-state index contributed by atoms with van der Waals surface area (Å²) in [5, 5.41) is 17.3. The lowest BCUT2D eigenvalue weighted by Gasteiger charge is -2.24. The van der Waals surface area contributed by atoms with Gasteiger partial charge in [-0.05, 0) is 57.2 Å². The Morgan fingerprint density at radius 1 is 0.788 bits per heavy atom. The van der Waals surface area contributed by atoms with Crippen molar-refractivity contribution in [2.24, 2.45) is 11.5 Å². The largest absolute Gasteiger partial charge is 0.480 e. The second-order valence-corrected chi connectivity index (χ2v) is 7.97. The predicted octanol–water partition coefficient (Wildman–Crippen LogP) is 0.0460. The molecule has 10 heteroatoms. The zero-order chi connectivity index (χ0) is 24.6. The SMILES string of the molecule is CC(=O)N[C@@H](CCCCN)C(=O)N[C@@H](Cc1ccccc1)C(=O)N[C@@H](CCCCN)C(=O)O. The van der Waals surface area contributed by atoms with E-state index in [4.69, 9.17) is 11.5 Å². The van der Waals surface area contributed by atoms with Crippen molar-refractivity contribution in [3.8, 4) is 0 Å². The van der Waals surface area contributed by atoms with Gasteiger partial charge in [-0.3, -0.25) is 14.4 Å². The average Bonchev–Trinajstić information content (AvgIpc) is 2.77. The topological polar surface area (TPSA) is 177 Å². The molecule has 10 nitrogen and oxygen atoms in total. The van der Waals surface area contributed by atoms with Crippen LogP contribution in [-0.2, 0) is 25.6 Å². The fourth-order valence-electron chi connectivity index (χ4n) is 3.36. The van der Waals surface area contributed by atoms with Gasteiger partial charge < -0.3 is 32.5 Å². The molecule has 0 radical (unpaired) electrons. The average molecular weight is 464 g/mol. The summed E-state index contributed by atoms with van der Waals surface area (Å²) in [7, 11) is 0. The van der Waals surface area contributed by atoms with Crippen molar-refractivity contribution in [2.45, 2.75) is 70.0 Å². The van der Waals surface area contributed by atoms with E-state index in [0.29, 0.717) is 45.2 Å². The molecule has 0 aliphatic rings. The smallest absolute Gasteiger partial charge is 0.326 e. The van der Waals surface area contributed by atoms with Crippen LogP contribution < -0.4 is 27.4 Å². The Hall–Kier alpha value is -2.98. The fraction of sp³-hybridized carbons (Fsp3) is 0.565. The Balaban J connectivity index is 2.99. The second-order valence-electron chi connectivity index (χ2n) is 7.97. The van der Waals surface area contributed by atoms with Crippen LogP contribution in [0.2, 0.25) is 0 Å². The van der Waals surface area contributed by atoms with E-state index in [1.807, 2.05) is 30.3 Å². The number of carboxylic acid groups (broad SMARTS) is 1. The van der Waals surface area contributed by atoms with E-state index in [0.717, 1.165) is 5.56 Å². The number of aliphatic carboxylic acids is 1. The molecule has 0 heterocycles. The van der Waals surface area contributed by atoms with Crippen LogP contribution in [0.1, 0.15) is 51.0 Å². The van der Waals surface area contributed by atoms with Gasteiger partial charge >= 0.3 is 5.97 Å². The zero-order valence-electron chi connectivity index (χ0n) is 19.2. The van der Waals surface area contributed by atoms with E-state index < -0.39 is 35.9 Å². The number of nitrogens with two attached hydrogens (primary N) is 2. The third kappa shape index (κ3) is 11.4. The molecular weight excluding hydrogens is 426 g/mol. The van der Waals surface area contributed by atoms with Crippen molar-refractivity contribution in [1.29, 1.82) is 0 Å². The number of amides is 3. The van der Waals surface area contributed by atoms with Crippen molar-refractivity contribution >= 4 is 23.7 Å². The number of nitrogens with one attached hydrogen (secondary N) is 3. The summed E-state index contributed by atoms with van der Waals surface area (Å²) in [6.45, 7) is 2.21. The summed E-state index contributed by atoms with van der Waals surface area (Å²) >= 11 is 0. The van der Waals surface area contributed by atoms with Gasteiger partial charge in [0, 0.05) is 13.3 Å². The molecule has 0 aliphatic carbocycles. The number of hydrogen-bond acceptors (Lipinski definition) is 6. The van der Waals surface area contributed by atoms with E-state index in [1.165, 1.54) is 6.92 Å². The summed E-state index contributed by atoms with van der Waals surface area (Å²) in [6, 6.07) is 6.16. The van der Waals surface area contributed by atoms with E-state index in [9.17, 15) is 24.3 Å². The van der Waals surface area contributed by atoms with Crippen LogP contribution in [0.3, 0.4) is 0 Å². The molecule has 1 rings (SSSR count). The molecule has 8 N–H and O–H groups in total. The summed E-state index contributed by atoms with van der Waals surface area (Å²) in [5.41, 5.74) is 11.8. The summed E-state index contributed by atoms with van der Waals surface area (Å²) in [5.74, 6) is -2.62. The Morgan fingerprint density at radius 3 is 1.82 bits per heavy atom. The van der Waals surface area contributed by atoms with Gasteiger partial charge in [0.2, 0.25) is 17.7 Å². The molecule has 3 amide bonds. The van der Waals surface area contributed by atoms with Crippen molar-refractivity contribution in [2.75, 3.05) is 13.1 Å². The van der Waals surface area contributed by atoms with Crippen LogP contribution in [0.4, 0.5) is 0 Å². The third-order valence-corrected chi connectivity index (χ3v) is 5.12. The molecule has 0 aliphatic heterocycles. The van der Waals surface area contributed by atoms with Crippen LogP contribution in [0.5, 0.6) is 0 Å². The number of carbonyl (C=O) groups excluding carboxylic acids is 3. The van der Waals surface area contributed by atoms with Gasteiger partial charge in [0.05, 0.1) is 0 Å². The van der Waals surface area contributed by atoms with E-state index in [-0.39, 0.29) is 18.7 Å². The van der Waals surface area contributed by atoms with Crippen LogP contribution in [0.25, 0.3) is 0 Å². The van der Waals surface area contributed by atoms with Crippen LogP contribution in [0.15, 0.2) is 30.3 Å². The van der Waals surface area contributed by atoms with E-state index in [2.05, 4.69) is 16.0 Å². The first-order valence-electron chi connectivity index (χ1n) is 11.3. The standard InChI is InChI=1S/C23H37N5O5/c1-16(29)26-18(11-5-7-13-24)21(30)28-20(15-17-9-3-2-4-10-17)22(31)27-19(23(32)33)12-6-8-14-25/h2-4,9-10,18-20H,5-8,11-15,24-25H2,1H3,(H,26,29)(H,27,31)(H,28,30)(H,32,33)/t18-,19-,20-/m0/s1. The Kier molecular flexibility index (Phi) is 13.4. The molecule has 0 spiro atoms. The number of benzene rings is 1. The number of carboxylic acids is 1. The van der Waals surface area contributed by atoms with Gasteiger partial charge in [-0.15, -0.1) is 0 Å². The van der Waals surface area contributed by atoms with Gasteiger partial charge in [0.15, 0.2) is 0 Å². The molecule has 33 heavy (non-hydrogen) atoms. The third-order valence-electron chi connectivity index (χ3n) is 5.12. The first kappa shape index (κ1) is 28.1. The predicted molar refractivity (Wildman–Crippen MR) is 125 cm³/mol. The van der Waals surface area contributed by atoms with Crippen molar-refractivity contribution in [1.82, 2.24) is 16.0 Å². The van der Waals surface area contributed by atoms with Gasteiger partial charge in [0.25, 0.3) is 0 Å². The first-order valence-corrected chi connectivity index (χ1v) is 11.3. The fourth-order valence-corrected chi connectivity index (χ4v) is 3.36. The molecular formula is C23H37N5O5. The molecule has 1 aromatic carbocycles. The van der Waals surface area contributed by atoms with Crippen molar-refractivity contribution in [3.63, 3.8) is 0 Å². The highest BCUT2D eigenvalue weighted by Gasteiger charge is 2.29. The van der Waals surface area contributed by atoms with Crippen LogP contribution in [-0.4, -0.2) is 60.0 Å². The molecule has 0 aromatic heterocycles. The minimum Gasteiger partial charge on any atom is -0.480 e. The normalized spacial score (nSPS) is 13.4. The van der Waals surface area contributed by atoms with E-state index in [1.54, 1.807) is 0 Å². The molecule has 0 unspecified atom stereocenters. The lowest BCUT2D eigenvalue weighted by molar-refractivity contribution is -0.142. The maximum Gasteiger partial charge on any atom is 0.326 e. The second kappa shape index (κ2) is 15.8. The highest BCUT2D eigenvalue weighted by atomic mass is 16.4. The summed E-state index contributed by atoms with van der Waals surface area (Å²) in [4.78, 5) is 49.2. The lowest BCUT2D eigenvalue weighted by Crippen LogP contribution is -2.56. The van der Waals surface area contributed by atoms with Gasteiger partial charge in [-0.1, -0.05) is 30.3 Å². The molecule has 0 saturated heterocycles. The zero-order valence-corrected chi connectivity index (χ0v) is 19.2. The number of rotatable bonds is 16. The summed E-state index contributed by atoms with van der Waals surface area (Å²) in [6.07, 6.45) is 3.30. The van der Waals surface area contributed by atoms with Crippen LogP contribution >= 0.6 is 0 Å². The molecule has 0 saturated carbocycles. The minimum absolute atomic E-state index is 0.170. The highest BCUT2D eigenvalue weighted by molar-refractivity contribution is 5.93. The Labute approximate surface area is 194 Å². The lowest BCUT2D eigenvalue weighted by atomic mass is 10.0. The molecule has 184 valence electrons. The minimum atomic E-state index is -1.15. The molecule has 3 atom stereocenters. The van der Waals surface area contributed by atoms with Crippen LogP contribution in [0, 0.1) is 0 Å². The number of unbranched alkanes of at least 4 members (excludes halogenated alkanes) is 2. The van der Waals surface area contributed by atoms with Gasteiger partial charge in [-0.2, -0.15) is 0 Å². The molecule has 0 bridgehead atoms. The highest BCUT2D eigenvalue weighted by Crippen LogP contribution is 2.08. The maximum atomic E-state index is 13.0. The Morgan fingerprint density at radius 2 is 1.30 bits per heavy atom. The number of hydrogen-bond donors (Lipinski definition) is 6. The van der Waals surface area contributed by atoms with E-state index >= 15 is 0 Å². The van der Waals surface area contributed by atoms with Gasteiger partial charge in [0.1, 0.15) is 18.1 Å². The quantitative estimate of drug-likeness (QED) is 0.188. The maximum absolute atomic E-state index is 13.0. The van der Waals surface area contributed by atoms with Gasteiger partial charge in [-0.25, -0.2) is 4.79 Å². The Bertz CT molecular complexity index is 759. The first-order chi connectivity index (χ1) is 15.8. The monoisotopic (exact) mass is 463 g/mol. The van der Waals surface area contributed by atoms with Crippen molar-refractivity contribution in [3.05, 3.63) is 35.9 Å². The molecule has 1 aromatic rings. The molecule has 0 fully saturated rings.